The van der Waals surface area contributed by atoms with E-state index < -0.39 is 21.6 Å². The Morgan fingerprint density at radius 2 is 2.05 bits per heavy atom. The molecule has 21 heavy (non-hydrogen) atoms. The summed E-state index contributed by atoms with van der Waals surface area (Å²) in [6, 6.07) is 5.26. The number of benzene rings is 1. The minimum Gasteiger partial charge on any atom is -0.229 e. The fraction of sp³-hybridized carbons (Fsp3) is 0.571. The molecule has 1 heterocycles. The number of sulfone groups is 1. The quantitative estimate of drug-likeness (QED) is 0.741. The molecule has 0 aliphatic carbocycles. The number of hydrogen-bond acceptors (Lipinski definition) is 2. The monoisotopic (exact) mass is 384 g/mol. The number of hydrogen-bond donors (Lipinski definition) is 0. The van der Waals surface area contributed by atoms with Gasteiger partial charge < -0.3 is 0 Å². The lowest BCUT2D eigenvalue weighted by molar-refractivity contribution is -0.137. The first-order valence-electron chi connectivity index (χ1n) is 6.64. The average molecular weight is 385 g/mol. The molecule has 2 atom stereocenters. The second-order valence-corrected chi connectivity index (χ2v) is 8.36. The molecule has 2 rings (SSSR count). The molecule has 0 bridgehead atoms. The maximum Gasteiger partial charge on any atom is 0.416 e. The molecule has 0 aromatic heterocycles. The third-order valence-electron chi connectivity index (χ3n) is 3.88. The lowest BCUT2D eigenvalue weighted by Gasteiger charge is -2.20. The van der Waals surface area contributed by atoms with E-state index in [1.807, 2.05) is 0 Å². The van der Waals surface area contributed by atoms with Gasteiger partial charge in [0.25, 0.3) is 0 Å². The second kappa shape index (κ2) is 6.28. The van der Waals surface area contributed by atoms with Crippen molar-refractivity contribution in [1.82, 2.24) is 0 Å². The standard InChI is InChI=1S/C14H16BrF3O2S/c15-8-12(11-4-5-21(19,20)9-11)6-10-2-1-3-13(7-10)14(16,17)18/h1-3,7,11-12H,4-6,8-9H2. The molecule has 0 N–H and O–H groups in total. The number of halogens is 4. The van der Waals surface area contributed by atoms with Gasteiger partial charge in [0, 0.05) is 5.33 Å². The van der Waals surface area contributed by atoms with Gasteiger partial charge in [-0.1, -0.05) is 34.1 Å². The Hall–Kier alpha value is -0.560. The maximum absolute atomic E-state index is 12.7. The van der Waals surface area contributed by atoms with Crippen molar-refractivity contribution in [1.29, 1.82) is 0 Å². The summed E-state index contributed by atoms with van der Waals surface area (Å²) in [6.45, 7) is 0. The highest BCUT2D eigenvalue weighted by molar-refractivity contribution is 9.09. The summed E-state index contributed by atoms with van der Waals surface area (Å²) in [5.74, 6) is 0.376. The van der Waals surface area contributed by atoms with Gasteiger partial charge in [-0.15, -0.1) is 0 Å². The van der Waals surface area contributed by atoms with E-state index in [-0.39, 0.29) is 23.3 Å². The van der Waals surface area contributed by atoms with Crippen molar-refractivity contribution >= 4 is 25.8 Å². The van der Waals surface area contributed by atoms with Crippen molar-refractivity contribution in [3.05, 3.63) is 35.4 Å². The first-order valence-corrected chi connectivity index (χ1v) is 9.58. The van der Waals surface area contributed by atoms with E-state index in [9.17, 15) is 21.6 Å². The van der Waals surface area contributed by atoms with Crippen LogP contribution in [0.2, 0.25) is 0 Å². The van der Waals surface area contributed by atoms with Crippen molar-refractivity contribution in [3.8, 4) is 0 Å². The molecule has 7 heteroatoms. The van der Waals surface area contributed by atoms with Crippen LogP contribution in [0.15, 0.2) is 24.3 Å². The smallest absolute Gasteiger partial charge is 0.229 e. The van der Waals surface area contributed by atoms with Gasteiger partial charge in [0.05, 0.1) is 17.1 Å². The summed E-state index contributed by atoms with van der Waals surface area (Å²) >= 11 is 3.36. The molecule has 1 saturated heterocycles. The van der Waals surface area contributed by atoms with E-state index in [0.29, 0.717) is 23.7 Å². The Morgan fingerprint density at radius 1 is 1.33 bits per heavy atom. The van der Waals surface area contributed by atoms with E-state index in [1.165, 1.54) is 6.07 Å². The molecule has 2 nitrogen and oxygen atoms in total. The van der Waals surface area contributed by atoms with Crippen molar-refractivity contribution in [2.75, 3.05) is 16.8 Å². The van der Waals surface area contributed by atoms with Gasteiger partial charge >= 0.3 is 6.18 Å². The van der Waals surface area contributed by atoms with Crippen molar-refractivity contribution in [2.45, 2.75) is 19.0 Å². The Bertz CT molecular complexity index is 598. The Kier molecular flexibility index (Phi) is 5.03. The highest BCUT2D eigenvalue weighted by atomic mass is 79.9. The van der Waals surface area contributed by atoms with Crippen LogP contribution < -0.4 is 0 Å². The fourth-order valence-corrected chi connectivity index (χ4v) is 5.40. The maximum atomic E-state index is 12.7. The molecule has 0 amide bonds. The molecule has 0 radical (unpaired) electrons. The number of rotatable bonds is 4. The van der Waals surface area contributed by atoms with Crippen LogP contribution in [0.5, 0.6) is 0 Å². The van der Waals surface area contributed by atoms with Gasteiger partial charge in [-0.25, -0.2) is 8.42 Å². The van der Waals surface area contributed by atoms with Crippen LogP contribution in [0, 0.1) is 11.8 Å². The number of alkyl halides is 4. The first-order chi connectivity index (χ1) is 9.71. The molecule has 1 aliphatic rings. The lowest BCUT2D eigenvalue weighted by Crippen LogP contribution is -2.20. The van der Waals surface area contributed by atoms with Crippen molar-refractivity contribution in [3.63, 3.8) is 0 Å². The van der Waals surface area contributed by atoms with Gasteiger partial charge in [0.15, 0.2) is 9.84 Å². The summed E-state index contributed by atoms with van der Waals surface area (Å²) in [6.07, 6.45) is -3.30. The minimum atomic E-state index is -4.35. The van der Waals surface area contributed by atoms with E-state index in [2.05, 4.69) is 15.9 Å². The first kappa shape index (κ1) is 16.8. The SMILES string of the molecule is O=S1(=O)CCC(C(CBr)Cc2cccc(C(F)(F)F)c2)C1. The Labute approximate surface area is 130 Å². The fourth-order valence-electron chi connectivity index (χ4n) is 2.72. The van der Waals surface area contributed by atoms with Gasteiger partial charge in [-0.05, 0) is 36.3 Å². The second-order valence-electron chi connectivity index (χ2n) is 5.48. The van der Waals surface area contributed by atoms with Crippen molar-refractivity contribution in [2.24, 2.45) is 11.8 Å². The molecule has 2 unspecified atom stereocenters. The minimum absolute atomic E-state index is 0.0175. The summed E-state index contributed by atoms with van der Waals surface area (Å²) in [5, 5.41) is 0.587. The predicted molar refractivity (Wildman–Crippen MR) is 79.2 cm³/mol. The predicted octanol–water partition coefficient (Wildman–Crippen LogP) is 3.69. The average Bonchev–Trinajstić information content (AvgIpc) is 2.75. The summed E-state index contributed by atoms with van der Waals surface area (Å²) < 4.78 is 61.2. The van der Waals surface area contributed by atoms with Crippen LogP contribution in [0.4, 0.5) is 13.2 Å². The van der Waals surface area contributed by atoms with Crippen LogP contribution in [-0.4, -0.2) is 25.3 Å². The van der Waals surface area contributed by atoms with Crippen LogP contribution in [0.25, 0.3) is 0 Å². The molecule has 1 fully saturated rings. The van der Waals surface area contributed by atoms with Gasteiger partial charge in [0.2, 0.25) is 0 Å². The van der Waals surface area contributed by atoms with Crippen LogP contribution >= 0.6 is 15.9 Å². The van der Waals surface area contributed by atoms with Crippen LogP contribution in [-0.2, 0) is 22.4 Å². The largest absolute Gasteiger partial charge is 0.416 e. The topological polar surface area (TPSA) is 34.1 Å². The Morgan fingerprint density at radius 3 is 2.57 bits per heavy atom. The highest BCUT2D eigenvalue weighted by Crippen LogP contribution is 2.33. The van der Waals surface area contributed by atoms with Gasteiger partial charge in [-0.3, -0.25) is 0 Å². The molecular weight excluding hydrogens is 369 g/mol. The third-order valence-corrected chi connectivity index (χ3v) is 6.51. The van der Waals surface area contributed by atoms with Crippen molar-refractivity contribution < 1.29 is 21.6 Å². The Balaban J connectivity index is 2.12. The zero-order valence-electron chi connectivity index (χ0n) is 11.2. The van der Waals surface area contributed by atoms with E-state index in [1.54, 1.807) is 6.07 Å². The zero-order valence-corrected chi connectivity index (χ0v) is 13.6. The molecule has 1 aromatic carbocycles. The van der Waals surface area contributed by atoms with E-state index >= 15 is 0 Å². The zero-order chi connectivity index (χ0) is 15.7. The molecule has 118 valence electrons. The molecular formula is C14H16BrF3O2S. The highest BCUT2D eigenvalue weighted by Gasteiger charge is 2.34. The third kappa shape index (κ3) is 4.45. The molecule has 1 aromatic rings. The molecule has 0 spiro atoms. The van der Waals surface area contributed by atoms with Crippen LogP contribution in [0.3, 0.4) is 0 Å². The van der Waals surface area contributed by atoms with E-state index in [4.69, 9.17) is 0 Å². The summed E-state index contributed by atoms with van der Waals surface area (Å²) in [5.41, 5.74) is -0.0639. The van der Waals surface area contributed by atoms with Gasteiger partial charge in [-0.2, -0.15) is 13.2 Å². The summed E-state index contributed by atoms with van der Waals surface area (Å²) in [7, 11) is -2.98. The molecule has 1 aliphatic heterocycles. The molecule has 0 saturated carbocycles. The van der Waals surface area contributed by atoms with Crippen LogP contribution in [0.1, 0.15) is 17.5 Å². The van der Waals surface area contributed by atoms with E-state index in [0.717, 1.165) is 12.1 Å². The van der Waals surface area contributed by atoms with Gasteiger partial charge in [0.1, 0.15) is 0 Å². The lowest BCUT2D eigenvalue weighted by atomic mass is 9.87. The summed E-state index contributed by atoms with van der Waals surface area (Å²) in [4.78, 5) is 0. The normalized spacial score (nSPS) is 23.1.